The molecule has 1 unspecified atom stereocenters. The van der Waals surface area contributed by atoms with E-state index in [9.17, 15) is 23.3 Å². The van der Waals surface area contributed by atoms with E-state index in [1.165, 1.54) is 10.5 Å². The van der Waals surface area contributed by atoms with Crippen LogP contribution in [0.4, 0.5) is 5.82 Å². The largest absolute Gasteiger partial charge is 0.357 e. The number of nitrogens with zero attached hydrogens (tertiary/aromatic N) is 4. The van der Waals surface area contributed by atoms with Crippen LogP contribution in [0.3, 0.4) is 0 Å². The predicted molar refractivity (Wildman–Crippen MR) is 168 cm³/mol. The smallest absolute Gasteiger partial charge is 0.270 e. The minimum atomic E-state index is -3.20. The van der Waals surface area contributed by atoms with Crippen LogP contribution in [-0.4, -0.2) is 58.7 Å². The van der Waals surface area contributed by atoms with Crippen molar-refractivity contribution in [1.82, 2.24) is 9.47 Å². The molecule has 1 atom stereocenters. The van der Waals surface area contributed by atoms with Gasteiger partial charge in [0.2, 0.25) is 0 Å². The summed E-state index contributed by atoms with van der Waals surface area (Å²) in [5.41, 5.74) is 2.30. The van der Waals surface area contributed by atoms with E-state index in [-0.39, 0.29) is 28.5 Å². The number of benzene rings is 1. The van der Waals surface area contributed by atoms with Crippen LogP contribution >= 0.6 is 24.0 Å². The number of hydrogen-bond donors (Lipinski definition) is 0. The van der Waals surface area contributed by atoms with Gasteiger partial charge in [-0.3, -0.25) is 19.1 Å². The van der Waals surface area contributed by atoms with Crippen LogP contribution in [0.5, 0.6) is 0 Å². The first-order valence-electron chi connectivity index (χ1n) is 14.1. The number of nitriles is 1. The Kier molecular flexibility index (Phi) is 8.73. The lowest BCUT2D eigenvalue weighted by Gasteiger charge is -2.36. The molecule has 2 aromatic rings. The predicted octanol–water partition coefficient (Wildman–Crippen LogP) is 4.29. The van der Waals surface area contributed by atoms with Crippen LogP contribution in [0.1, 0.15) is 54.9 Å². The molecule has 0 N–H and O–H groups in total. The minimum Gasteiger partial charge on any atom is -0.357 e. The van der Waals surface area contributed by atoms with Crippen molar-refractivity contribution in [2.75, 3.05) is 29.5 Å². The van der Waals surface area contributed by atoms with E-state index in [0.29, 0.717) is 45.7 Å². The maximum Gasteiger partial charge on any atom is 0.270 e. The van der Waals surface area contributed by atoms with Gasteiger partial charge in [0.1, 0.15) is 21.8 Å². The normalized spacial score (nSPS) is 22.1. The molecule has 216 valence electrons. The summed E-state index contributed by atoms with van der Waals surface area (Å²) in [6.07, 6.45) is 5.77. The Morgan fingerprint density at radius 1 is 1.15 bits per heavy atom. The number of aromatic nitrogens is 1. The number of thiocarbonyl (C=S) groups is 1. The number of rotatable bonds is 7. The first kappa shape index (κ1) is 29.5. The second kappa shape index (κ2) is 12.1. The van der Waals surface area contributed by atoms with E-state index in [2.05, 4.69) is 35.2 Å². The molecule has 0 spiro atoms. The van der Waals surface area contributed by atoms with E-state index < -0.39 is 15.9 Å². The van der Waals surface area contributed by atoms with Crippen molar-refractivity contribution in [3.05, 3.63) is 67.8 Å². The average Bonchev–Trinajstić information content (AvgIpc) is 3.44. The van der Waals surface area contributed by atoms with Gasteiger partial charge in [-0.2, -0.15) is 5.26 Å². The summed E-state index contributed by atoms with van der Waals surface area (Å²) in [5.74, 6) is 0.905. The molecule has 5 rings (SSSR count). The second-order valence-corrected chi connectivity index (χ2v) is 14.9. The zero-order valence-corrected chi connectivity index (χ0v) is 25.8. The van der Waals surface area contributed by atoms with Crippen molar-refractivity contribution in [2.24, 2.45) is 5.92 Å². The highest BCUT2D eigenvalue weighted by Gasteiger charge is 2.42. The van der Waals surface area contributed by atoms with Gasteiger partial charge in [0.15, 0.2) is 9.84 Å². The Morgan fingerprint density at radius 3 is 2.46 bits per heavy atom. The molecule has 1 amide bonds. The Balaban J connectivity index is 1.51. The Morgan fingerprint density at radius 2 is 1.85 bits per heavy atom. The molecule has 0 saturated carbocycles. The maximum atomic E-state index is 13.6. The number of hydrogen-bond acceptors (Lipinski definition) is 8. The number of anilines is 1. The van der Waals surface area contributed by atoms with Crippen molar-refractivity contribution >= 4 is 55.9 Å². The number of sulfone groups is 1. The monoisotopic (exact) mass is 610 g/mol. The quantitative estimate of drug-likeness (QED) is 0.338. The topological polar surface area (TPSA) is 103 Å². The standard InChI is InChI=1S/C30H34N4O4S3/c1-3-12-33-27(32-13-9-22(10-14-32)16-21-7-5-4-6-8-21)24(20(2)25(18-31)28(33)35)17-26-29(36)34(30(39)40-26)23-11-15-41(37,38)19-23/h4-8,17,22-23H,3,9-16,19H2,1-2H3/b26-17+. The molecule has 0 radical (unpaired) electrons. The number of piperidine rings is 1. The van der Waals surface area contributed by atoms with Gasteiger partial charge in [-0.15, -0.1) is 0 Å². The SMILES string of the molecule is CCCn1c(N2CCC(Cc3ccccc3)CC2)c(/C=C2/SC(=S)N(C3CCS(=O)(=O)C3)C2=O)c(C)c(C#N)c1=O. The first-order valence-corrected chi connectivity index (χ1v) is 17.1. The lowest BCUT2D eigenvalue weighted by molar-refractivity contribution is -0.123. The van der Waals surface area contributed by atoms with Gasteiger partial charge in [0.05, 0.1) is 22.5 Å². The molecule has 8 nitrogen and oxygen atoms in total. The fraction of sp³-hybridized carbons (Fsp3) is 0.467. The average molecular weight is 611 g/mol. The summed E-state index contributed by atoms with van der Waals surface area (Å²) in [7, 11) is -3.20. The van der Waals surface area contributed by atoms with Crippen molar-refractivity contribution < 1.29 is 13.2 Å². The molecule has 11 heteroatoms. The van der Waals surface area contributed by atoms with Crippen LogP contribution < -0.4 is 10.5 Å². The summed E-state index contributed by atoms with van der Waals surface area (Å²) in [6.45, 7) is 5.73. The highest BCUT2D eigenvalue weighted by Crippen LogP contribution is 2.39. The van der Waals surface area contributed by atoms with Gasteiger partial charge in [-0.25, -0.2) is 8.42 Å². The molecule has 3 aliphatic rings. The molecule has 1 aromatic heterocycles. The molecule has 3 saturated heterocycles. The summed E-state index contributed by atoms with van der Waals surface area (Å²) < 4.78 is 26.2. The number of carbonyl (C=O) groups is 1. The van der Waals surface area contributed by atoms with E-state index in [1.807, 2.05) is 13.0 Å². The molecule has 0 aliphatic carbocycles. The van der Waals surface area contributed by atoms with Crippen LogP contribution in [0.15, 0.2) is 40.0 Å². The molecule has 41 heavy (non-hydrogen) atoms. The first-order chi connectivity index (χ1) is 19.6. The van der Waals surface area contributed by atoms with E-state index in [4.69, 9.17) is 12.2 Å². The zero-order chi connectivity index (χ0) is 29.3. The molecule has 3 aliphatic heterocycles. The summed E-state index contributed by atoms with van der Waals surface area (Å²) in [4.78, 5) is 31.1. The Bertz CT molecular complexity index is 1600. The molecule has 1 aromatic carbocycles. The van der Waals surface area contributed by atoms with Crippen molar-refractivity contribution in [2.45, 2.75) is 58.5 Å². The van der Waals surface area contributed by atoms with Gasteiger partial charge in [0, 0.05) is 25.2 Å². The lowest BCUT2D eigenvalue weighted by Crippen LogP contribution is -2.40. The number of amides is 1. The Labute approximate surface area is 250 Å². The third kappa shape index (κ3) is 6.01. The van der Waals surface area contributed by atoms with Crippen molar-refractivity contribution in [3.8, 4) is 6.07 Å². The fourth-order valence-electron chi connectivity index (χ4n) is 6.12. The van der Waals surface area contributed by atoms with Gasteiger partial charge >= 0.3 is 0 Å². The van der Waals surface area contributed by atoms with Gasteiger partial charge < -0.3 is 4.90 Å². The molecular weight excluding hydrogens is 577 g/mol. The van der Waals surface area contributed by atoms with Crippen molar-refractivity contribution in [3.63, 3.8) is 0 Å². The highest BCUT2D eigenvalue weighted by atomic mass is 32.2. The van der Waals surface area contributed by atoms with Gasteiger partial charge in [-0.05, 0) is 62.1 Å². The third-order valence-electron chi connectivity index (χ3n) is 8.25. The van der Waals surface area contributed by atoms with E-state index in [0.717, 1.165) is 49.9 Å². The maximum absolute atomic E-state index is 13.6. The third-order valence-corrected chi connectivity index (χ3v) is 11.3. The van der Waals surface area contributed by atoms with Crippen LogP contribution in [0.25, 0.3) is 6.08 Å². The number of carbonyl (C=O) groups excluding carboxylic acids is 1. The van der Waals surface area contributed by atoms with Crippen LogP contribution in [0, 0.1) is 24.2 Å². The van der Waals surface area contributed by atoms with Crippen LogP contribution in [0.2, 0.25) is 0 Å². The lowest BCUT2D eigenvalue weighted by atomic mass is 9.90. The minimum absolute atomic E-state index is 0.0464. The summed E-state index contributed by atoms with van der Waals surface area (Å²) >= 11 is 6.68. The fourth-order valence-corrected chi connectivity index (χ4v) is 9.20. The van der Waals surface area contributed by atoms with Gasteiger partial charge in [0.25, 0.3) is 11.5 Å². The zero-order valence-electron chi connectivity index (χ0n) is 23.3. The second-order valence-electron chi connectivity index (χ2n) is 11.0. The molecule has 4 heterocycles. The molecule has 0 bridgehead atoms. The van der Waals surface area contributed by atoms with Gasteiger partial charge in [-0.1, -0.05) is 61.2 Å². The number of pyridine rings is 1. The number of thioether (sulfide) groups is 1. The van der Waals surface area contributed by atoms with E-state index >= 15 is 0 Å². The Hall–Kier alpha value is -2.94. The highest BCUT2D eigenvalue weighted by molar-refractivity contribution is 8.26. The summed E-state index contributed by atoms with van der Waals surface area (Å²) in [5, 5.41) is 9.93. The van der Waals surface area contributed by atoms with Crippen molar-refractivity contribution in [1.29, 1.82) is 5.26 Å². The summed E-state index contributed by atoms with van der Waals surface area (Å²) in [6, 6.07) is 12.1. The van der Waals surface area contributed by atoms with Crippen LogP contribution in [-0.2, 0) is 27.6 Å². The van der Waals surface area contributed by atoms with E-state index in [1.54, 1.807) is 17.6 Å². The molecule has 3 fully saturated rings. The molecular formula is C30H34N4O4S3.